The second kappa shape index (κ2) is 10.7. The third-order valence-electron chi connectivity index (χ3n) is 7.02. The number of benzene rings is 3. The molecule has 2 aliphatic heterocycles. The molecule has 3 aromatic carbocycles. The normalized spacial score (nSPS) is 19.2. The lowest BCUT2D eigenvalue weighted by molar-refractivity contribution is 0.190. The quantitative estimate of drug-likeness (QED) is 0.420. The van der Waals surface area contributed by atoms with E-state index in [1.165, 1.54) is 59.7 Å². The van der Waals surface area contributed by atoms with Crippen molar-refractivity contribution in [2.24, 2.45) is 0 Å². The van der Waals surface area contributed by atoms with Crippen molar-refractivity contribution in [1.82, 2.24) is 10.2 Å². The first-order valence-electron chi connectivity index (χ1n) is 12.2. The fourth-order valence-corrected chi connectivity index (χ4v) is 6.39. The van der Waals surface area contributed by atoms with E-state index in [9.17, 15) is 0 Å². The van der Waals surface area contributed by atoms with Crippen LogP contribution in [0.15, 0.2) is 88.7 Å². The Morgan fingerprint density at radius 3 is 2.38 bits per heavy atom. The summed E-state index contributed by atoms with van der Waals surface area (Å²) in [5.41, 5.74) is 4.49. The van der Waals surface area contributed by atoms with Gasteiger partial charge < -0.3 is 5.32 Å². The maximum atomic E-state index is 3.87. The van der Waals surface area contributed by atoms with E-state index in [0.717, 1.165) is 19.5 Å². The fraction of sp³-hybridized carbons (Fsp3) is 0.379. The summed E-state index contributed by atoms with van der Waals surface area (Å²) >= 11 is 1.95. The van der Waals surface area contributed by atoms with Crippen LogP contribution in [-0.4, -0.2) is 30.6 Å². The minimum atomic E-state index is 0.622. The van der Waals surface area contributed by atoms with Gasteiger partial charge in [0, 0.05) is 22.4 Å². The minimum absolute atomic E-state index is 0.622. The summed E-state index contributed by atoms with van der Waals surface area (Å²) in [4.78, 5) is 5.48. The Balaban J connectivity index is 1.10. The molecule has 1 N–H and O–H groups in total. The van der Waals surface area contributed by atoms with Crippen molar-refractivity contribution in [1.29, 1.82) is 0 Å². The van der Waals surface area contributed by atoms with E-state index >= 15 is 0 Å². The highest BCUT2D eigenvalue weighted by Gasteiger charge is 2.23. The highest BCUT2D eigenvalue weighted by atomic mass is 32.2. The lowest BCUT2D eigenvalue weighted by atomic mass is 9.88. The van der Waals surface area contributed by atoms with Crippen LogP contribution < -0.4 is 5.32 Å². The number of piperidine rings is 1. The van der Waals surface area contributed by atoms with Crippen LogP contribution >= 0.6 is 11.8 Å². The molecule has 2 aliphatic rings. The zero-order valence-electron chi connectivity index (χ0n) is 18.9. The molecule has 5 rings (SSSR count). The van der Waals surface area contributed by atoms with Gasteiger partial charge >= 0.3 is 0 Å². The van der Waals surface area contributed by atoms with Crippen molar-refractivity contribution < 1.29 is 0 Å². The average molecular weight is 443 g/mol. The summed E-state index contributed by atoms with van der Waals surface area (Å²) in [6.45, 7) is 4.64. The average Bonchev–Trinajstić information content (AvgIpc) is 3.00. The monoisotopic (exact) mass is 442 g/mol. The van der Waals surface area contributed by atoms with Gasteiger partial charge in [-0.1, -0.05) is 78.5 Å². The number of fused-ring (bicyclic) bond motifs is 2. The summed E-state index contributed by atoms with van der Waals surface area (Å²) in [7, 11) is 0. The second-order valence-corrected chi connectivity index (χ2v) is 10.4. The zero-order chi connectivity index (χ0) is 21.6. The first-order valence-corrected chi connectivity index (χ1v) is 13.0. The van der Waals surface area contributed by atoms with Gasteiger partial charge in [-0.2, -0.15) is 0 Å². The van der Waals surface area contributed by atoms with Gasteiger partial charge in [-0.15, -0.1) is 0 Å². The maximum absolute atomic E-state index is 3.87. The highest BCUT2D eigenvalue weighted by molar-refractivity contribution is 7.99. The minimum Gasteiger partial charge on any atom is -0.314 e. The van der Waals surface area contributed by atoms with Crippen LogP contribution in [0.3, 0.4) is 0 Å². The highest BCUT2D eigenvalue weighted by Crippen LogP contribution is 2.42. The molecule has 2 nitrogen and oxygen atoms in total. The Morgan fingerprint density at radius 2 is 1.53 bits per heavy atom. The second-order valence-electron chi connectivity index (χ2n) is 9.28. The van der Waals surface area contributed by atoms with Crippen molar-refractivity contribution in [2.45, 2.75) is 60.4 Å². The molecule has 0 bridgehead atoms. The molecular weight excluding hydrogens is 408 g/mol. The molecule has 0 amide bonds. The standard InChI is InChI=1S/C29H34N2S/c1-2-9-23(10-3-1)22-31-19-16-26(17-20-31)30-18-8-12-24-21-25-11-4-6-14-28(25)32-29-15-7-5-13-27(24)29/h1-7,9-11,13-15,24,26,30H,8,12,16-22H2. The summed E-state index contributed by atoms with van der Waals surface area (Å²) in [5, 5.41) is 3.87. The molecule has 3 heteroatoms. The largest absolute Gasteiger partial charge is 0.314 e. The van der Waals surface area contributed by atoms with E-state index in [1.54, 1.807) is 5.56 Å². The third kappa shape index (κ3) is 5.46. The van der Waals surface area contributed by atoms with Crippen LogP contribution in [0.1, 0.15) is 48.3 Å². The van der Waals surface area contributed by atoms with Gasteiger partial charge in [0.15, 0.2) is 0 Å². The lowest BCUT2D eigenvalue weighted by Crippen LogP contribution is -2.42. The van der Waals surface area contributed by atoms with E-state index < -0.39 is 0 Å². The van der Waals surface area contributed by atoms with Crippen molar-refractivity contribution in [3.05, 3.63) is 95.6 Å². The van der Waals surface area contributed by atoms with Crippen LogP contribution in [0, 0.1) is 0 Å². The molecule has 0 aromatic heterocycles. The van der Waals surface area contributed by atoms with Crippen LogP contribution in [0.2, 0.25) is 0 Å². The lowest BCUT2D eigenvalue weighted by Gasteiger charge is -2.32. The molecule has 0 spiro atoms. The maximum Gasteiger partial charge on any atom is 0.0233 e. The first-order chi connectivity index (χ1) is 15.8. The topological polar surface area (TPSA) is 15.3 Å². The van der Waals surface area contributed by atoms with Gasteiger partial charge in [0.25, 0.3) is 0 Å². The van der Waals surface area contributed by atoms with Crippen LogP contribution in [-0.2, 0) is 13.0 Å². The molecular formula is C29H34N2S. The van der Waals surface area contributed by atoms with E-state index in [-0.39, 0.29) is 0 Å². The van der Waals surface area contributed by atoms with Gasteiger partial charge in [0.1, 0.15) is 0 Å². The molecule has 2 heterocycles. The van der Waals surface area contributed by atoms with Crippen molar-refractivity contribution in [2.75, 3.05) is 19.6 Å². The molecule has 1 fully saturated rings. The van der Waals surface area contributed by atoms with Gasteiger partial charge in [0.05, 0.1) is 0 Å². The predicted octanol–water partition coefficient (Wildman–Crippen LogP) is 6.51. The Hall–Kier alpha value is -2.07. The van der Waals surface area contributed by atoms with Crippen LogP contribution in [0.4, 0.5) is 0 Å². The van der Waals surface area contributed by atoms with Crippen molar-refractivity contribution in [3.63, 3.8) is 0 Å². The van der Waals surface area contributed by atoms with Gasteiger partial charge in [-0.05, 0) is 86.5 Å². The molecule has 1 atom stereocenters. The summed E-state index contributed by atoms with van der Waals surface area (Å²) in [5.74, 6) is 0.622. The SMILES string of the molecule is c1ccc(CN2CCC(NCCCC3Cc4ccccc4Sc4ccccc43)CC2)cc1. The molecule has 1 saturated heterocycles. The molecule has 166 valence electrons. The smallest absolute Gasteiger partial charge is 0.0233 e. The Kier molecular flexibility index (Phi) is 7.27. The number of hydrogen-bond donors (Lipinski definition) is 1. The van der Waals surface area contributed by atoms with Gasteiger partial charge in [-0.3, -0.25) is 4.90 Å². The van der Waals surface area contributed by atoms with Crippen LogP contribution in [0.5, 0.6) is 0 Å². The van der Waals surface area contributed by atoms with Crippen molar-refractivity contribution >= 4 is 11.8 Å². The third-order valence-corrected chi connectivity index (χ3v) is 8.23. The van der Waals surface area contributed by atoms with E-state index in [0.29, 0.717) is 12.0 Å². The number of nitrogens with zero attached hydrogens (tertiary/aromatic N) is 1. The number of rotatable bonds is 7. The molecule has 0 radical (unpaired) electrons. The molecule has 0 saturated carbocycles. The molecule has 1 unspecified atom stereocenters. The van der Waals surface area contributed by atoms with Gasteiger partial charge in [-0.25, -0.2) is 0 Å². The fourth-order valence-electron chi connectivity index (χ4n) is 5.23. The summed E-state index contributed by atoms with van der Waals surface area (Å²) < 4.78 is 0. The zero-order valence-corrected chi connectivity index (χ0v) is 19.7. The Labute approximate surface area is 197 Å². The molecule has 3 aromatic rings. The van der Waals surface area contributed by atoms with E-state index in [2.05, 4.69) is 89.1 Å². The summed E-state index contributed by atoms with van der Waals surface area (Å²) in [6, 6.07) is 29.6. The van der Waals surface area contributed by atoms with E-state index in [4.69, 9.17) is 0 Å². The Morgan fingerprint density at radius 1 is 0.812 bits per heavy atom. The molecule has 32 heavy (non-hydrogen) atoms. The Bertz CT molecular complexity index is 995. The van der Waals surface area contributed by atoms with Crippen molar-refractivity contribution in [3.8, 4) is 0 Å². The molecule has 0 aliphatic carbocycles. The number of likely N-dealkylation sites (tertiary alicyclic amines) is 1. The van der Waals surface area contributed by atoms with Crippen LogP contribution in [0.25, 0.3) is 0 Å². The summed E-state index contributed by atoms with van der Waals surface area (Å²) in [6.07, 6.45) is 6.20. The van der Waals surface area contributed by atoms with E-state index in [1.807, 2.05) is 11.8 Å². The first kappa shape index (κ1) is 21.8. The number of hydrogen-bond acceptors (Lipinski definition) is 3. The van der Waals surface area contributed by atoms with Gasteiger partial charge in [0.2, 0.25) is 0 Å². The predicted molar refractivity (Wildman–Crippen MR) is 135 cm³/mol. The number of nitrogens with one attached hydrogen (secondary N) is 1.